The number of para-hydroxylation sites is 1. The minimum Gasteiger partial charge on any atom is -0.507 e. The normalized spacial score (nSPS) is 11.8. The maximum atomic E-state index is 12.4. The van der Waals surface area contributed by atoms with Gasteiger partial charge in [-0.25, -0.2) is 0 Å². The first kappa shape index (κ1) is 19.4. The Labute approximate surface area is 163 Å². The Kier molecular flexibility index (Phi) is 5.59. The number of phenols is 1. The van der Waals surface area contributed by atoms with Crippen LogP contribution in [0.15, 0.2) is 52.1 Å². The standard InChI is InChI=1S/C18H16N4O5S/c1-10-7-8-12(9-14(10)22(25)26)19-16(24)11(2)28-18-21-20-17(27-18)13-5-3-4-6-15(13)23/h3-9,11,23H,1-2H3,(H,19,24)/t11-/m0/s1. The van der Waals surface area contributed by atoms with Crippen molar-refractivity contribution in [2.75, 3.05) is 5.32 Å². The molecule has 10 heteroatoms. The van der Waals surface area contributed by atoms with Gasteiger partial charge in [0.2, 0.25) is 5.91 Å². The fourth-order valence-electron chi connectivity index (χ4n) is 2.35. The van der Waals surface area contributed by atoms with Gasteiger partial charge in [-0.1, -0.05) is 30.0 Å². The van der Waals surface area contributed by atoms with E-state index in [0.717, 1.165) is 11.8 Å². The van der Waals surface area contributed by atoms with Gasteiger partial charge < -0.3 is 14.8 Å². The van der Waals surface area contributed by atoms with Crippen LogP contribution in [0.5, 0.6) is 5.75 Å². The lowest BCUT2D eigenvalue weighted by Gasteiger charge is -2.10. The highest BCUT2D eigenvalue weighted by molar-refractivity contribution is 8.00. The summed E-state index contributed by atoms with van der Waals surface area (Å²) in [7, 11) is 0. The van der Waals surface area contributed by atoms with Gasteiger partial charge in [-0.05, 0) is 32.0 Å². The van der Waals surface area contributed by atoms with Crippen LogP contribution in [0.4, 0.5) is 11.4 Å². The monoisotopic (exact) mass is 400 g/mol. The number of nitrogens with one attached hydrogen (secondary N) is 1. The molecule has 2 N–H and O–H groups in total. The predicted octanol–water partition coefficient (Wildman–Crippen LogP) is 3.78. The highest BCUT2D eigenvalue weighted by atomic mass is 32.2. The quantitative estimate of drug-likeness (QED) is 0.363. The van der Waals surface area contributed by atoms with E-state index in [9.17, 15) is 20.0 Å². The topological polar surface area (TPSA) is 131 Å². The molecule has 0 aliphatic heterocycles. The van der Waals surface area contributed by atoms with E-state index in [1.807, 2.05) is 0 Å². The molecular weight excluding hydrogens is 384 g/mol. The molecule has 0 saturated heterocycles. The second-order valence-electron chi connectivity index (χ2n) is 5.90. The Morgan fingerprint density at radius 3 is 2.75 bits per heavy atom. The van der Waals surface area contributed by atoms with E-state index < -0.39 is 10.2 Å². The average Bonchev–Trinajstić information content (AvgIpc) is 3.11. The Hall–Kier alpha value is -3.40. The molecule has 1 heterocycles. The molecule has 9 nitrogen and oxygen atoms in total. The van der Waals surface area contributed by atoms with Crippen molar-refractivity contribution in [1.82, 2.24) is 10.2 Å². The number of nitro groups is 1. The van der Waals surface area contributed by atoms with Gasteiger partial charge in [0, 0.05) is 17.3 Å². The van der Waals surface area contributed by atoms with Crippen LogP contribution in [-0.2, 0) is 4.79 Å². The number of hydrogen-bond acceptors (Lipinski definition) is 8. The number of benzene rings is 2. The first-order valence-corrected chi connectivity index (χ1v) is 9.07. The zero-order chi connectivity index (χ0) is 20.3. The molecule has 1 atom stereocenters. The molecule has 0 unspecified atom stereocenters. The molecule has 144 valence electrons. The number of carbonyl (C=O) groups excluding carboxylic acids is 1. The lowest BCUT2D eigenvalue weighted by Crippen LogP contribution is -2.22. The van der Waals surface area contributed by atoms with E-state index >= 15 is 0 Å². The number of aryl methyl sites for hydroxylation is 1. The highest BCUT2D eigenvalue weighted by Gasteiger charge is 2.20. The third-order valence-corrected chi connectivity index (χ3v) is 4.80. The van der Waals surface area contributed by atoms with Gasteiger partial charge in [0.1, 0.15) is 5.75 Å². The molecule has 1 amide bonds. The number of thioether (sulfide) groups is 1. The van der Waals surface area contributed by atoms with Gasteiger partial charge in [0.25, 0.3) is 16.8 Å². The molecule has 2 aromatic carbocycles. The molecule has 1 aromatic heterocycles. The summed E-state index contributed by atoms with van der Waals surface area (Å²) in [4.78, 5) is 22.9. The molecule has 3 rings (SSSR count). The molecular formula is C18H16N4O5S. The second kappa shape index (κ2) is 8.09. The lowest BCUT2D eigenvalue weighted by atomic mass is 10.2. The number of hydrogen-bond donors (Lipinski definition) is 2. The molecule has 0 spiro atoms. The summed E-state index contributed by atoms with van der Waals surface area (Å²) in [5.41, 5.74) is 1.16. The number of anilines is 1. The summed E-state index contributed by atoms with van der Waals surface area (Å²) in [6, 6.07) is 11.0. The first-order chi connectivity index (χ1) is 13.3. The maximum absolute atomic E-state index is 12.4. The van der Waals surface area contributed by atoms with Crippen LogP contribution in [0.25, 0.3) is 11.5 Å². The number of nitro benzene ring substituents is 1. The van der Waals surface area contributed by atoms with Crippen molar-refractivity contribution >= 4 is 29.0 Å². The third-order valence-electron chi connectivity index (χ3n) is 3.86. The summed E-state index contributed by atoms with van der Waals surface area (Å²) in [5.74, 6) is -0.220. The van der Waals surface area contributed by atoms with Crippen LogP contribution in [0, 0.1) is 17.0 Å². The number of aromatic nitrogens is 2. The number of phenolic OH excluding ortho intramolecular Hbond substituents is 1. The fourth-order valence-corrected chi connectivity index (χ4v) is 3.04. The van der Waals surface area contributed by atoms with Gasteiger partial charge in [-0.3, -0.25) is 14.9 Å². The van der Waals surface area contributed by atoms with Crippen molar-refractivity contribution in [1.29, 1.82) is 0 Å². The van der Waals surface area contributed by atoms with Crippen molar-refractivity contribution in [3.63, 3.8) is 0 Å². The lowest BCUT2D eigenvalue weighted by molar-refractivity contribution is -0.385. The third kappa shape index (κ3) is 4.29. The number of aromatic hydroxyl groups is 1. The van der Waals surface area contributed by atoms with E-state index in [-0.39, 0.29) is 28.5 Å². The molecule has 0 radical (unpaired) electrons. The average molecular weight is 400 g/mol. The van der Waals surface area contributed by atoms with Crippen LogP contribution in [-0.4, -0.2) is 31.4 Å². The summed E-state index contributed by atoms with van der Waals surface area (Å²) >= 11 is 1.04. The minimum absolute atomic E-state index is 0.00876. The molecule has 0 fully saturated rings. The van der Waals surface area contributed by atoms with Crippen LogP contribution >= 0.6 is 11.8 Å². The van der Waals surface area contributed by atoms with Gasteiger partial charge >= 0.3 is 0 Å². The maximum Gasteiger partial charge on any atom is 0.277 e. The summed E-state index contributed by atoms with van der Waals surface area (Å²) in [5, 5.41) is 30.8. The fraction of sp³-hybridized carbons (Fsp3) is 0.167. The molecule has 28 heavy (non-hydrogen) atoms. The van der Waals surface area contributed by atoms with E-state index in [0.29, 0.717) is 16.8 Å². The van der Waals surface area contributed by atoms with E-state index in [4.69, 9.17) is 4.42 Å². The van der Waals surface area contributed by atoms with Crippen LogP contribution in [0.2, 0.25) is 0 Å². The van der Waals surface area contributed by atoms with Crippen molar-refractivity contribution in [3.8, 4) is 17.2 Å². The summed E-state index contributed by atoms with van der Waals surface area (Å²) < 4.78 is 5.50. The molecule has 3 aromatic rings. The van der Waals surface area contributed by atoms with Gasteiger partial charge in [-0.15, -0.1) is 10.2 Å². The first-order valence-electron chi connectivity index (χ1n) is 8.19. The molecule has 0 aliphatic carbocycles. The van der Waals surface area contributed by atoms with Crippen molar-refractivity contribution in [2.45, 2.75) is 24.3 Å². The van der Waals surface area contributed by atoms with E-state index in [1.54, 1.807) is 44.2 Å². The summed E-state index contributed by atoms with van der Waals surface area (Å²) in [6.45, 7) is 3.27. The van der Waals surface area contributed by atoms with Gasteiger partial charge in [-0.2, -0.15) is 0 Å². The SMILES string of the molecule is Cc1ccc(NC(=O)[C@H](C)Sc2nnc(-c3ccccc3O)o2)cc1[N+](=O)[O-]. The smallest absolute Gasteiger partial charge is 0.277 e. The van der Waals surface area contributed by atoms with Crippen LogP contribution in [0.3, 0.4) is 0 Å². The largest absolute Gasteiger partial charge is 0.507 e. The highest BCUT2D eigenvalue weighted by Crippen LogP contribution is 2.31. The predicted molar refractivity (Wildman–Crippen MR) is 103 cm³/mol. The molecule has 0 aliphatic rings. The Morgan fingerprint density at radius 2 is 2.04 bits per heavy atom. The van der Waals surface area contributed by atoms with Gasteiger partial charge in [0.15, 0.2) is 0 Å². The Bertz CT molecular complexity index is 1040. The second-order valence-corrected chi connectivity index (χ2v) is 7.19. The Balaban J connectivity index is 1.68. The van der Waals surface area contributed by atoms with Crippen molar-refractivity contribution < 1.29 is 19.2 Å². The number of amides is 1. The molecule has 0 saturated carbocycles. The number of nitrogens with zero attached hydrogens (tertiary/aromatic N) is 3. The zero-order valence-corrected chi connectivity index (χ0v) is 15.8. The molecule has 0 bridgehead atoms. The van der Waals surface area contributed by atoms with Crippen LogP contribution < -0.4 is 5.32 Å². The van der Waals surface area contributed by atoms with Crippen molar-refractivity contribution in [3.05, 3.63) is 58.1 Å². The Morgan fingerprint density at radius 1 is 1.29 bits per heavy atom. The van der Waals surface area contributed by atoms with E-state index in [1.165, 1.54) is 12.1 Å². The van der Waals surface area contributed by atoms with Gasteiger partial charge in [0.05, 0.1) is 15.7 Å². The van der Waals surface area contributed by atoms with E-state index in [2.05, 4.69) is 15.5 Å². The zero-order valence-electron chi connectivity index (χ0n) is 14.9. The van der Waals surface area contributed by atoms with Crippen LogP contribution in [0.1, 0.15) is 12.5 Å². The van der Waals surface area contributed by atoms with Crippen molar-refractivity contribution in [2.24, 2.45) is 0 Å². The number of carbonyl (C=O) groups is 1. The summed E-state index contributed by atoms with van der Waals surface area (Å²) in [6.07, 6.45) is 0. The minimum atomic E-state index is -0.599. The number of rotatable bonds is 6.